The summed E-state index contributed by atoms with van der Waals surface area (Å²) >= 11 is 0. The summed E-state index contributed by atoms with van der Waals surface area (Å²) in [4.78, 5) is 116. The molecule has 0 heterocycles. The number of carbonyl (C=O) groups excluding carboxylic acids is 8. The summed E-state index contributed by atoms with van der Waals surface area (Å²) in [5.74, 6) is -6.11. The molecule has 7 rings (SSSR count). The summed E-state index contributed by atoms with van der Waals surface area (Å²) < 4.78 is 11.0. The average Bonchev–Trinajstić information content (AvgIpc) is 1.84. The zero-order chi connectivity index (χ0) is 60.5. The largest absolute Gasteiger partial charge is 0.507 e. The number of fused-ring (bicyclic) bond motifs is 2. The second-order valence-electron chi connectivity index (χ2n) is 21.3. The Labute approximate surface area is 487 Å². The fraction of sp³-hybridized carbons (Fsp3) is 0.312. The smallest absolute Gasteiger partial charge is 0.408 e. The highest BCUT2D eigenvalue weighted by molar-refractivity contribution is 6.33. The van der Waals surface area contributed by atoms with E-state index in [-0.39, 0.29) is 99.4 Å². The number of ether oxygens (including phenoxy) is 2. The van der Waals surface area contributed by atoms with Crippen molar-refractivity contribution in [1.29, 1.82) is 0 Å². The van der Waals surface area contributed by atoms with Crippen LogP contribution in [0, 0.1) is 11.8 Å². The normalized spacial score (nSPS) is 13.1. The van der Waals surface area contributed by atoms with Gasteiger partial charge < -0.3 is 52.4 Å². The number of anilines is 2. The molecule has 0 saturated carbocycles. The summed E-state index contributed by atoms with van der Waals surface area (Å²) in [6.45, 7) is 6.07. The van der Waals surface area contributed by atoms with Crippen LogP contribution >= 0.6 is 0 Å². The third-order valence-corrected chi connectivity index (χ3v) is 13.9. The van der Waals surface area contributed by atoms with E-state index in [0.29, 0.717) is 22.3 Å². The van der Waals surface area contributed by atoms with Gasteiger partial charge in [0.1, 0.15) is 36.8 Å². The number of hydrogen-bond acceptors (Lipinski definition) is 16. The number of imide groups is 2. The van der Waals surface area contributed by atoms with E-state index < -0.39 is 94.2 Å². The van der Waals surface area contributed by atoms with Crippen molar-refractivity contribution in [2.75, 3.05) is 36.8 Å². The first-order valence-electron chi connectivity index (χ1n) is 27.8. The quantitative estimate of drug-likeness (QED) is 0.0248. The van der Waals surface area contributed by atoms with Gasteiger partial charge in [0.2, 0.25) is 23.4 Å². The van der Waals surface area contributed by atoms with Gasteiger partial charge >= 0.3 is 12.2 Å². The van der Waals surface area contributed by atoms with Gasteiger partial charge in [0.15, 0.2) is 0 Å². The van der Waals surface area contributed by atoms with E-state index in [9.17, 15) is 48.6 Å². The molecule has 0 fully saturated rings. The molecule has 6 amide bonds. The summed E-state index contributed by atoms with van der Waals surface area (Å²) in [7, 11) is 0. The van der Waals surface area contributed by atoms with E-state index in [0.717, 1.165) is 21.9 Å². The number of amides is 6. The third-order valence-electron chi connectivity index (χ3n) is 13.9. The second kappa shape index (κ2) is 29.5. The molecule has 1 aliphatic carbocycles. The minimum absolute atomic E-state index is 0.0256. The van der Waals surface area contributed by atoms with Crippen LogP contribution in [0.25, 0.3) is 0 Å². The molecular formula is C64H72N8O12. The maximum absolute atomic E-state index is 14.8. The number of benzene rings is 6. The predicted octanol–water partition coefficient (Wildman–Crippen LogP) is 7.23. The molecular weight excluding hydrogens is 1070 g/mol. The fourth-order valence-electron chi connectivity index (χ4n) is 9.83. The average molecular weight is 1150 g/mol. The molecule has 84 heavy (non-hydrogen) atoms. The summed E-state index contributed by atoms with van der Waals surface area (Å²) in [5.41, 5.74) is 14.2. The van der Waals surface area contributed by atoms with Crippen LogP contribution in [-0.2, 0) is 54.7 Å². The lowest BCUT2D eigenvalue weighted by Gasteiger charge is -2.30. The number of phenols is 2. The van der Waals surface area contributed by atoms with Crippen LogP contribution in [0.3, 0.4) is 0 Å². The number of ketones is 2. The van der Waals surface area contributed by atoms with Crippen LogP contribution in [0.1, 0.15) is 94.6 Å². The first-order chi connectivity index (χ1) is 40.3. The fourth-order valence-corrected chi connectivity index (χ4v) is 9.83. The first-order valence-corrected chi connectivity index (χ1v) is 27.8. The molecule has 0 aromatic heterocycles. The first kappa shape index (κ1) is 62.2. The number of aromatic hydroxyl groups is 2. The number of carbonyl (C=O) groups is 8. The van der Waals surface area contributed by atoms with Gasteiger partial charge in [0.25, 0.3) is 11.8 Å². The van der Waals surface area contributed by atoms with Crippen LogP contribution in [0.15, 0.2) is 146 Å². The maximum Gasteiger partial charge on any atom is 0.408 e. The highest BCUT2D eigenvalue weighted by Crippen LogP contribution is 2.42. The van der Waals surface area contributed by atoms with Gasteiger partial charge in [0, 0.05) is 50.4 Å². The van der Waals surface area contributed by atoms with Crippen molar-refractivity contribution in [1.82, 2.24) is 20.4 Å². The van der Waals surface area contributed by atoms with E-state index in [1.165, 1.54) is 12.1 Å². The molecule has 0 aliphatic heterocycles. The zero-order valence-electron chi connectivity index (χ0n) is 47.4. The van der Waals surface area contributed by atoms with Crippen LogP contribution in [-0.4, -0.2) is 118 Å². The number of rotatable bonds is 26. The number of hydrogen-bond donors (Lipinski definition) is 8. The molecule has 20 heteroatoms. The molecule has 1 aliphatic rings. The van der Waals surface area contributed by atoms with Gasteiger partial charge in [-0.3, -0.25) is 38.6 Å². The van der Waals surface area contributed by atoms with Gasteiger partial charge in [-0.15, -0.1) is 0 Å². The van der Waals surface area contributed by atoms with Crippen molar-refractivity contribution >= 4 is 58.8 Å². The van der Waals surface area contributed by atoms with Crippen molar-refractivity contribution in [3.63, 3.8) is 0 Å². The molecule has 4 atom stereocenters. The Morgan fingerprint density at radius 1 is 0.452 bits per heavy atom. The van der Waals surface area contributed by atoms with Crippen LogP contribution < -0.4 is 32.7 Å². The minimum atomic E-state index is -1.32. The number of alkyl carbamates (subject to hydrolysis) is 2. The van der Waals surface area contributed by atoms with Crippen LogP contribution in [0.2, 0.25) is 0 Å². The lowest BCUT2D eigenvalue weighted by Crippen LogP contribution is -2.56. The topological polar surface area (TPSA) is 302 Å². The molecule has 0 unspecified atom stereocenters. The molecule has 0 saturated heterocycles. The molecule has 0 radical (unpaired) electrons. The van der Waals surface area contributed by atoms with E-state index >= 15 is 0 Å². The predicted molar refractivity (Wildman–Crippen MR) is 316 cm³/mol. The third kappa shape index (κ3) is 16.4. The molecule has 20 nitrogen and oxygen atoms in total. The Hall–Kier alpha value is -9.40. The molecule has 6 aromatic carbocycles. The van der Waals surface area contributed by atoms with Gasteiger partial charge in [-0.1, -0.05) is 149 Å². The molecule has 10 N–H and O–H groups in total. The maximum atomic E-state index is 14.8. The van der Waals surface area contributed by atoms with E-state index in [2.05, 4.69) is 21.3 Å². The monoisotopic (exact) mass is 1140 g/mol. The lowest BCUT2D eigenvalue weighted by atomic mass is 9.81. The molecule has 6 aromatic rings. The van der Waals surface area contributed by atoms with Gasteiger partial charge in [-0.2, -0.15) is 0 Å². The van der Waals surface area contributed by atoms with Crippen LogP contribution in [0.5, 0.6) is 11.5 Å². The van der Waals surface area contributed by atoms with Gasteiger partial charge in [-0.25, -0.2) is 9.59 Å². The summed E-state index contributed by atoms with van der Waals surface area (Å²) in [5, 5.41) is 33.6. The summed E-state index contributed by atoms with van der Waals surface area (Å²) in [6, 6.07) is 35.7. The Morgan fingerprint density at radius 3 is 1.10 bits per heavy atom. The van der Waals surface area contributed by atoms with Crippen LogP contribution in [0.4, 0.5) is 21.0 Å². The SMILES string of the molecule is CC(C)C[C@H](N)C(=O)N(CCNc1ccc(NCCN(C(=O)[C@H](Cc2ccccc2)NC(=O)OCc2ccccc2)C(=O)[C@@H](N)CC(C)C)c2c1C(=O)c1c(O)ccc(O)c1C2=O)C(=O)[C@H](Cc1ccccc1)NC(=O)OCc1ccccc1. The number of nitrogens with zero attached hydrogens (tertiary/aromatic N) is 2. The van der Waals surface area contributed by atoms with Crippen molar-refractivity contribution in [2.24, 2.45) is 23.3 Å². The van der Waals surface area contributed by atoms with E-state index in [1.54, 1.807) is 109 Å². The minimum Gasteiger partial charge on any atom is -0.507 e. The van der Waals surface area contributed by atoms with E-state index in [4.69, 9.17) is 20.9 Å². The highest BCUT2D eigenvalue weighted by atomic mass is 16.6. The van der Waals surface area contributed by atoms with Crippen molar-refractivity contribution in [3.8, 4) is 11.5 Å². The van der Waals surface area contributed by atoms with Gasteiger partial charge in [-0.05, 0) is 71.2 Å². The summed E-state index contributed by atoms with van der Waals surface area (Å²) in [6.07, 6.45) is -1.48. The Bertz CT molecular complexity index is 3080. The highest BCUT2D eigenvalue weighted by Gasteiger charge is 2.40. The zero-order valence-corrected chi connectivity index (χ0v) is 47.4. The standard InChI is InChI=1S/C64H72N8O12/c1-39(2)33-45(65)59(77)71(61(79)49(35-41-17-9-5-10-18-41)69-63(81)83-37-43-21-13-7-14-22-43)31-29-67-47-25-26-48(54-53(47)57(75)55-51(73)27-28-52(74)56(55)58(54)76)68-30-32-72(60(78)46(66)34-40(3)4)62(80)50(36-42-19-11-6-12-20-42)70-64(82)84-38-44-23-15-8-16-24-44/h5-28,39-40,45-46,49-50,67-68,73-74H,29-38,65-66H2,1-4H3,(H,69,81)(H,70,82)/t45-,46-,49-,50-/m0/s1. The van der Waals surface area contributed by atoms with Crippen molar-refractivity contribution in [2.45, 2.75) is 90.8 Å². The Kier molecular flexibility index (Phi) is 21.9. The number of phenolic OH excluding ortho intramolecular Hbond substituents is 2. The molecule has 0 spiro atoms. The second-order valence-corrected chi connectivity index (χ2v) is 21.3. The van der Waals surface area contributed by atoms with Crippen molar-refractivity contribution in [3.05, 3.63) is 190 Å². The molecule has 440 valence electrons. The van der Waals surface area contributed by atoms with Crippen molar-refractivity contribution < 1.29 is 58.0 Å². The number of nitrogens with one attached hydrogen (secondary N) is 4. The molecule has 0 bridgehead atoms. The Balaban J connectivity index is 1.18. The van der Waals surface area contributed by atoms with Gasteiger partial charge in [0.05, 0.1) is 34.3 Å². The Morgan fingerprint density at radius 2 is 0.774 bits per heavy atom. The van der Waals surface area contributed by atoms with E-state index in [1.807, 2.05) is 39.8 Å². The lowest BCUT2D eigenvalue weighted by molar-refractivity contribution is -0.148. The number of nitrogens with two attached hydrogens (primary N) is 2.